The molecule has 2 fully saturated rings. The summed E-state index contributed by atoms with van der Waals surface area (Å²) < 4.78 is 5.61. The third kappa shape index (κ3) is 4.06. The van der Waals surface area contributed by atoms with Crippen LogP contribution in [0.5, 0.6) is 0 Å². The molecule has 1 saturated heterocycles. The molecule has 27 heavy (non-hydrogen) atoms. The monoisotopic (exact) mass is 364 g/mol. The van der Waals surface area contributed by atoms with Gasteiger partial charge in [-0.05, 0) is 49.3 Å². The molecular weight excluding hydrogens is 336 g/mol. The van der Waals surface area contributed by atoms with Gasteiger partial charge in [0, 0.05) is 37.2 Å². The zero-order valence-corrected chi connectivity index (χ0v) is 15.8. The summed E-state index contributed by atoms with van der Waals surface area (Å²) in [5.41, 5.74) is 3.12. The summed E-state index contributed by atoms with van der Waals surface area (Å²) in [6, 6.07) is 12.8. The van der Waals surface area contributed by atoms with Gasteiger partial charge in [0.05, 0.1) is 5.41 Å². The first-order valence-electron chi connectivity index (χ1n) is 10.1. The number of carbonyl (C=O) groups excluding carboxylic acids is 1. The number of carbonyl (C=O) groups is 1. The third-order valence-corrected chi connectivity index (χ3v) is 6.14. The second-order valence-electron chi connectivity index (χ2n) is 7.92. The lowest BCUT2D eigenvalue weighted by Crippen LogP contribution is -2.48. The highest BCUT2D eigenvalue weighted by molar-refractivity contribution is 5.84. The minimum Gasteiger partial charge on any atom is -0.381 e. The second kappa shape index (κ2) is 8.22. The summed E-state index contributed by atoms with van der Waals surface area (Å²) in [6.45, 7) is 1.32. The van der Waals surface area contributed by atoms with Crippen LogP contribution < -0.4 is 5.32 Å². The van der Waals surface area contributed by atoms with Crippen molar-refractivity contribution in [1.82, 2.24) is 10.3 Å². The van der Waals surface area contributed by atoms with E-state index in [0.29, 0.717) is 19.3 Å². The van der Waals surface area contributed by atoms with Gasteiger partial charge in [0.15, 0.2) is 0 Å². The molecule has 1 N–H and O–H groups in total. The molecule has 0 bridgehead atoms. The standard InChI is InChI=1S/C23H28N2O2/c26-22(25-20-8-2-3-9-20)23(11-14-27-15-12-23)16-18-6-1-4-10-21(18)19-7-5-13-24-17-19/h1,4-7,10,13,17,20H,2-3,8-9,11-12,14-16H2,(H,25,26). The molecular formula is C23H28N2O2. The highest BCUT2D eigenvalue weighted by atomic mass is 16.5. The molecule has 0 unspecified atom stereocenters. The van der Waals surface area contributed by atoms with Gasteiger partial charge in [-0.25, -0.2) is 0 Å². The molecule has 0 spiro atoms. The lowest BCUT2D eigenvalue weighted by Gasteiger charge is -2.37. The normalized spacial score (nSPS) is 19.7. The Hall–Kier alpha value is -2.20. The average molecular weight is 364 g/mol. The van der Waals surface area contributed by atoms with E-state index in [4.69, 9.17) is 4.74 Å². The van der Waals surface area contributed by atoms with E-state index in [1.54, 1.807) is 6.20 Å². The van der Waals surface area contributed by atoms with Crippen LogP contribution in [0.15, 0.2) is 48.8 Å². The maximum Gasteiger partial charge on any atom is 0.226 e. The van der Waals surface area contributed by atoms with Crippen molar-refractivity contribution in [2.24, 2.45) is 5.41 Å². The molecule has 4 heteroatoms. The molecule has 1 saturated carbocycles. The molecule has 4 nitrogen and oxygen atoms in total. The van der Waals surface area contributed by atoms with Crippen molar-refractivity contribution < 1.29 is 9.53 Å². The Morgan fingerprint density at radius 2 is 1.89 bits per heavy atom. The molecule has 2 aromatic rings. The molecule has 2 aliphatic rings. The van der Waals surface area contributed by atoms with Crippen molar-refractivity contribution >= 4 is 5.91 Å². The lowest BCUT2D eigenvalue weighted by atomic mass is 9.73. The van der Waals surface area contributed by atoms with E-state index in [0.717, 1.165) is 37.7 Å². The van der Waals surface area contributed by atoms with Gasteiger partial charge >= 0.3 is 0 Å². The fourth-order valence-corrected chi connectivity index (χ4v) is 4.50. The van der Waals surface area contributed by atoms with E-state index >= 15 is 0 Å². The molecule has 1 aliphatic carbocycles. The minimum atomic E-state index is -0.376. The van der Waals surface area contributed by atoms with E-state index in [1.165, 1.54) is 24.0 Å². The number of nitrogens with zero attached hydrogens (tertiary/aromatic N) is 1. The van der Waals surface area contributed by atoms with E-state index < -0.39 is 0 Å². The lowest BCUT2D eigenvalue weighted by molar-refractivity contribution is -0.137. The van der Waals surface area contributed by atoms with Crippen molar-refractivity contribution in [2.75, 3.05) is 13.2 Å². The van der Waals surface area contributed by atoms with Gasteiger partial charge in [-0.2, -0.15) is 0 Å². The summed E-state index contributed by atoms with van der Waals surface area (Å²) >= 11 is 0. The SMILES string of the molecule is O=C(NC1CCCC1)C1(Cc2ccccc2-c2cccnc2)CCOCC1. The van der Waals surface area contributed by atoms with E-state index in [1.807, 2.05) is 12.3 Å². The maximum atomic E-state index is 13.3. The van der Waals surface area contributed by atoms with Crippen LogP contribution in [0.1, 0.15) is 44.1 Å². The quantitative estimate of drug-likeness (QED) is 0.867. The van der Waals surface area contributed by atoms with Gasteiger partial charge in [-0.3, -0.25) is 9.78 Å². The van der Waals surface area contributed by atoms with E-state index in [9.17, 15) is 4.79 Å². The number of rotatable bonds is 5. The van der Waals surface area contributed by atoms with Gasteiger partial charge < -0.3 is 10.1 Å². The number of benzene rings is 1. The molecule has 1 aromatic carbocycles. The van der Waals surface area contributed by atoms with Crippen molar-refractivity contribution in [3.8, 4) is 11.1 Å². The molecule has 1 aromatic heterocycles. The van der Waals surface area contributed by atoms with E-state index in [-0.39, 0.29) is 11.3 Å². The Morgan fingerprint density at radius 3 is 2.63 bits per heavy atom. The Bertz CT molecular complexity index is 763. The second-order valence-corrected chi connectivity index (χ2v) is 7.92. The average Bonchev–Trinajstić information content (AvgIpc) is 3.23. The van der Waals surface area contributed by atoms with Crippen LogP contribution >= 0.6 is 0 Å². The van der Waals surface area contributed by atoms with Gasteiger partial charge in [0.2, 0.25) is 5.91 Å². The number of pyridine rings is 1. The Labute approximate surface area is 161 Å². The molecule has 142 valence electrons. The Morgan fingerprint density at radius 1 is 1.11 bits per heavy atom. The zero-order chi connectivity index (χ0) is 18.5. The highest BCUT2D eigenvalue weighted by Gasteiger charge is 2.41. The number of amides is 1. The van der Waals surface area contributed by atoms with Crippen LogP contribution in [0.2, 0.25) is 0 Å². The van der Waals surface area contributed by atoms with Crippen LogP contribution in [-0.2, 0) is 16.0 Å². The summed E-state index contributed by atoms with van der Waals surface area (Å²) in [7, 11) is 0. The van der Waals surface area contributed by atoms with Crippen molar-refractivity contribution in [2.45, 2.75) is 51.0 Å². The zero-order valence-electron chi connectivity index (χ0n) is 15.8. The smallest absolute Gasteiger partial charge is 0.226 e. The summed E-state index contributed by atoms with van der Waals surface area (Å²) in [6.07, 6.45) is 10.7. The van der Waals surface area contributed by atoms with Crippen LogP contribution in [-0.4, -0.2) is 30.1 Å². The Balaban J connectivity index is 1.62. The molecule has 1 amide bonds. The summed E-state index contributed by atoms with van der Waals surface area (Å²) in [5, 5.41) is 3.36. The van der Waals surface area contributed by atoms with Crippen LogP contribution in [0.4, 0.5) is 0 Å². The predicted octanol–water partition coefficient (Wildman–Crippen LogP) is 4.15. The first-order chi connectivity index (χ1) is 13.3. The fourth-order valence-electron chi connectivity index (χ4n) is 4.50. The van der Waals surface area contributed by atoms with Gasteiger partial charge in [-0.1, -0.05) is 43.2 Å². The van der Waals surface area contributed by atoms with Crippen LogP contribution in [0.25, 0.3) is 11.1 Å². The maximum absolute atomic E-state index is 13.3. The van der Waals surface area contributed by atoms with Crippen LogP contribution in [0.3, 0.4) is 0 Å². The fraction of sp³-hybridized carbons (Fsp3) is 0.478. The number of ether oxygens (including phenoxy) is 1. The molecule has 0 atom stereocenters. The summed E-state index contributed by atoms with van der Waals surface area (Å²) in [5.74, 6) is 0.221. The van der Waals surface area contributed by atoms with Crippen molar-refractivity contribution in [3.05, 3.63) is 54.4 Å². The number of hydrogen-bond acceptors (Lipinski definition) is 3. The molecule has 2 heterocycles. The van der Waals surface area contributed by atoms with Crippen molar-refractivity contribution in [1.29, 1.82) is 0 Å². The summed E-state index contributed by atoms with van der Waals surface area (Å²) in [4.78, 5) is 17.6. The first kappa shape index (κ1) is 18.2. The number of nitrogens with one attached hydrogen (secondary N) is 1. The molecule has 1 aliphatic heterocycles. The largest absolute Gasteiger partial charge is 0.381 e. The third-order valence-electron chi connectivity index (χ3n) is 6.14. The number of hydrogen-bond donors (Lipinski definition) is 1. The Kier molecular flexibility index (Phi) is 5.53. The van der Waals surface area contributed by atoms with Gasteiger partial charge in [0.1, 0.15) is 0 Å². The van der Waals surface area contributed by atoms with Gasteiger partial charge in [0.25, 0.3) is 0 Å². The minimum absolute atomic E-state index is 0.221. The highest BCUT2D eigenvalue weighted by Crippen LogP contribution is 2.38. The first-order valence-corrected chi connectivity index (χ1v) is 10.1. The van der Waals surface area contributed by atoms with E-state index in [2.05, 4.69) is 40.6 Å². The predicted molar refractivity (Wildman–Crippen MR) is 106 cm³/mol. The molecule has 4 rings (SSSR count). The molecule has 0 radical (unpaired) electrons. The topological polar surface area (TPSA) is 51.2 Å². The van der Waals surface area contributed by atoms with Crippen LogP contribution in [0, 0.1) is 5.41 Å². The van der Waals surface area contributed by atoms with Gasteiger partial charge in [-0.15, -0.1) is 0 Å². The number of aromatic nitrogens is 1. The van der Waals surface area contributed by atoms with Crippen molar-refractivity contribution in [3.63, 3.8) is 0 Å².